The van der Waals surface area contributed by atoms with E-state index in [2.05, 4.69) is 27.9 Å². The van der Waals surface area contributed by atoms with Gasteiger partial charge in [0.2, 0.25) is 0 Å². The second-order valence-electron chi connectivity index (χ2n) is 5.19. The number of amides is 1. The maximum atomic E-state index is 12.5. The molecular weight excluding hydrogens is 394 g/mol. The Morgan fingerprint density at radius 3 is 2.84 bits per heavy atom. The number of hydrogen-bond acceptors (Lipinski definition) is 6. The number of halogens is 1. The molecule has 3 aromatic heterocycles. The molecule has 0 radical (unpaired) electrons. The van der Waals surface area contributed by atoms with Crippen LogP contribution in [-0.2, 0) is 0 Å². The molecule has 8 heteroatoms. The van der Waals surface area contributed by atoms with Crippen LogP contribution in [0.5, 0.6) is 0 Å². The van der Waals surface area contributed by atoms with Crippen LogP contribution >= 0.6 is 46.9 Å². The Kier molecular flexibility index (Phi) is 4.47. The number of hydrogen-bond donors (Lipinski definition) is 2. The molecule has 0 aliphatic rings. The Bertz CT molecular complexity index is 1080. The summed E-state index contributed by atoms with van der Waals surface area (Å²) in [5.74, 6) is -0.186. The lowest BCUT2D eigenvalue weighted by molar-refractivity contribution is 0.103. The first-order chi connectivity index (χ1) is 12.1. The molecule has 0 spiro atoms. The smallest absolute Gasteiger partial charge is 0.265 e. The molecule has 0 unspecified atom stereocenters. The fraction of sp³-hybridized carbons (Fsp3) is 0. The molecular formula is C17H10ClN3OS3. The van der Waals surface area contributed by atoms with Crippen LogP contribution in [0.3, 0.4) is 0 Å². The maximum absolute atomic E-state index is 12.5. The molecule has 0 bridgehead atoms. The molecule has 0 fully saturated rings. The molecule has 0 saturated carbocycles. The number of fused-ring (bicyclic) bond motifs is 1. The van der Waals surface area contributed by atoms with Gasteiger partial charge < -0.3 is 5.32 Å². The molecule has 4 nitrogen and oxygen atoms in total. The summed E-state index contributed by atoms with van der Waals surface area (Å²) in [4.78, 5) is 23.3. The number of thiol groups is 1. The van der Waals surface area contributed by atoms with E-state index in [0.717, 1.165) is 20.8 Å². The predicted octanol–water partition coefficient (Wildman–Crippen LogP) is 5.61. The third-order valence-corrected chi connectivity index (χ3v) is 6.19. The molecule has 4 rings (SSSR count). The number of nitrogens with one attached hydrogen (secondary N) is 1. The first-order valence-electron chi connectivity index (χ1n) is 7.19. The average molecular weight is 404 g/mol. The van der Waals surface area contributed by atoms with Crippen molar-refractivity contribution in [2.45, 2.75) is 4.90 Å². The fourth-order valence-electron chi connectivity index (χ4n) is 2.31. The van der Waals surface area contributed by atoms with Gasteiger partial charge in [0.1, 0.15) is 9.84 Å². The number of thiazole rings is 1. The number of aromatic nitrogens is 2. The molecule has 0 atom stereocenters. The highest BCUT2D eigenvalue weighted by molar-refractivity contribution is 7.80. The average Bonchev–Trinajstić information content (AvgIpc) is 3.26. The van der Waals surface area contributed by atoms with E-state index in [1.54, 1.807) is 41.9 Å². The van der Waals surface area contributed by atoms with Gasteiger partial charge in [0.15, 0.2) is 0 Å². The summed E-state index contributed by atoms with van der Waals surface area (Å²) in [7, 11) is 0. The number of benzene rings is 1. The minimum absolute atomic E-state index is 0.186. The van der Waals surface area contributed by atoms with E-state index < -0.39 is 0 Å². The lowest BCUT2D eigenvalue weighted by Crippen LogP contribution is -2.09. The topological polar surface area (TPSA) is 54.9 Å². The van der Waals surface area contributed by atoms with Crippen LogP contribution in [-0.4, -0.2) is 15.9 Å². The summed E-state index contributed by atoms with van der Waals surface area (Å²) < 4.78 is 0. The molecule has 1 aromatic carbocycles. The monoisotopic (exact) mass is 403 g/mol. The first kappa shape index (κ1) is 16.5. The highest BCUT2D eigenvalue weighted by Gasteiger charge is 2.13. The normalized spacial score (nSPS) is 11.0. The molecule has 124 valence electrons. The Labute approximate surface area is 161 Å². The zero-order chi connectivity index (χ0) is 17.4. The maximum Gasteiger partial charge on any atom is 0.265 e. The van der Waals surface area contributed by atoms with E-state index in [0.29, 0.717) is 20.5 Å². The van der Waals surface area contributed by atoms with Crippen LogP contribution in [0.1, 0.15) is 9.67 Å². The van der Waals surface area contributed by atoms with E-state index in [1.165, 1.54) is 11.3 Å². The minimum atomic E-state index is -0.186. The molecule has 3 heterocycles. The SMILES string of the molecule is O=C(Nc1ccc(Cl)c(S)c1)c1cc2cc(-c3nccs3)cnc2s1. The fourth-order valence-corrected chi connectivity index (χ4v) is 4.14. The quantitative estimate of drug-likeness (QED) is 0.437. The highest BCUT2D eigenvalue weighted by atomic mass is 35.5. The van der Waals surface area contributed by atoms with E-state index in [9.17, 15) is 4.79 Å². The van der Waals surface area contributed by atoms with Crippen molar-refractivity contribution in [1.82, 2.24) is 9.97 Å². The zero-order valence-electron chi connectivity index (χ0n) is 12.6. The van der Waals surface area contributed by atoms with Crippen LogP contribution in [0.15, 0.2) is 53.0 Å². The zero-order valence-corrected chi connectivity index (χ0v) is 15.8. The van der Waals surface area contributed by atoms with Crippen LogP contribution < -0.4 is 5.32 Å². The Hall–Kier alpha value is -1.93. The van der Waals surface area contributed by atoms with Gasteiger partial charge in [-0.15, -0.1) is 35.3 Å². The van der Waals surface area contributed by atoms with E-state index in [-0.39, 0.29) is 5.91 Å². The number of nitrogens with zero attached hydrogens (tertiary/aromatic N) is 2. The lowest BCUT2D eigenvalue weighted by atomic mass is 10.2. The molecule has 0 aliphatic carbocycles. The van der Waals surface area contributed by atoms with Gasteiger partial charge in [-0.05, 0) is 30.3 Å². The second kappa shape index (κ2) is 6.76. The largest absolute Gasteiger partial charge is 0.321 e. The van der Waals surface area contributed by atoms with Crippen LogP contribution in [0.2, 0.25) is 5.02 Å². The van der Waals surface area contributed by atoms with E-state index >= 15 is 0 Å². The van der Waals surface area contributed by atoms with Crippen molar-refractivity contribution in [1.29, 1.82) is 0 Å². The van der Waals surface area contributed by atoms with E-state index in [4.69, 9.17) is 11.6 Å². The van der Waals surface area contributed by atoms with Crippen molar-refractivity contribution in [3.63, 3.8) is 0 Å². The molecule has 0 aliphatic heterocycles. The van der Waals surface area contributed by atoms with Gasteiger partial charge in [-0.1, -0.05) is 11.6 Å². The van der Waals surface area contributed by atoms with Crippen molar-refractivity contribution in [3.8, 4) is 10.6 Å². The number of carbonyl (C=O) groups is 1. The van der Waals surface area contributed by atoms with Crippen molar-refractivity contribution in [2.24, 2.45) is 0 Å². The number of pyridine rings is 1. The highest BCUT2D eigenvalue weighted by Crippen LogP contribution is 2.30. The Morgan fingerprint density at radius 2 is 2.08 bits per heavy atom. The van der Waals surface area contributed by atoms with Crippen LogP contribution in [0, 0.1) is 0 Å². The van der Waals surface area contributed by atoms with Gasteiger partial charge in [0, 0.05) is 39.3 Å². The van der Waals surface area contributed by atoms with Gasteiger partial charge >= 0.3 is 0 Å². The summed E-state index contributed by atoms with van der Waals surface area (Å²) >= 11 is 13.1. The second-order valence-corrected chi connectivity index (χ2v) is 8.00. The predicted molar refractivity (Wildman–Crippen MR) is 107 cm³/mol. The van der Waals surface area contributed by atoms with Crippen LogP contribution in [0.25, 0.3) is 20.8 Å². The number of rotatable bonds is 3. The molecule has 0 saturated heterocycles. The minimum Gasteiger partial charge on any atom is -0.321 e. The molecule has 25 heavy (non-hydrogen) atoms. The van der Waals surface area contributed by atoms with Crippen molar-refractivity contribution >= 4 is 68.7 Å². The summed E-state index contributed by atoms with van der Waals surface area (Å²) in [5, 5.41) is 7.16. The van der Waals surface area contributed by atoms with Gasteiger partial charge in [0.05, 0.1) is 9.90 Å². The van der Waals surface area contributed by atoms with Gasteiger partial charge in [-0.2, -0.15) is 0 Å². The van der Waals surface area contributed by atoms with Crippen molar-refractivity contribution < 1.29 is 4.79 Å². The van der Waals surface area contributed by atoms with Crippen molar-refractivity contribution in [3.05, 3.63) is 58.0 Å². The third-order valence-electron chi connectivity index (χ3n) is 3.48. The summed E-state index contributed by atoms with van der Waals surface area (Å²) in [6.07, 6.45) is 3.55. The van der Waals surface area contributed by atoms with Gasteiger partial charge in [-0.3, -0.25) is 4.79 Å². The van der Waals surface area contributed by atoms with Gasteiger partial charge in [0.25, 0.3) is 5.91 Å². The van der Waals surface area contributed by atoms with E-state index in [1.807, 2.05) is 17.5 Å². The Balaban J connectivity index is 1.62. The third kappa shape index (κ3) is 3.41. The van der Waals surface area contributed by atoms with Crippen LogP contribution in [0.4, 0.5) is 5.69 Å². The number of thiophene rings is 1. The summed E-state index contributed by atoms with van der Waals surface area (Å²) in [6.45, 7) is 0. The molecule has 1 amide bonds. The van der Waals surface area contributed by atoms with Gasteiger partial charge in [-0.25, -0.2) is 9.97 Å². The Morgan fingerprint density at radius 1 is 1.20 bits per heavy atom. The molecule has 1 N–H and O–H groups in total. The van der Waals surface area contributed by atoms with Crippen molar-refractivity contribution in [2.75, 3.05) is 5.32 Å². The first-order valence-corrected chi connectivity index (χ1v) is 9.71. The number of anilines is 1. The summed E-state index contributed by atoms with van der Waals surface area (Å²) in [6, 6.07) is 9.01. The lowest BCUT2D eigenvalue weighted by Gasteiger charge is -2.05. The standard InChI is InChI=1S/C17H10ClN3OS3/c18-12-2-1-11(7-13(12)23)21-15(22)14-6-9-5-10(8-20-17(9)25-14)16-19-3-4-24-16/h1-8,23H,(H,21,22). The number of carbonyl (C=O) groups excluding carboxylic acids is 1. The molecule has 4 aromatic rings. The summed E-state index contributed by atoms with van der Waals surface area (Å²) in [5.41, 5.74) is 1.60.